The van der Waals surface area contributed by atoms with E-state index in [2.05, 4.69) is 5.32 Å². The molecule has 0 heterocycles. The molecule has 0 aromatic heterocycles. The fraction of sp³-hybridized carbons (Fsp3) is 0.417. The summed E-state index contributed by atoms with van der Waals surface area (Å²) in [7, 11) is -3.44. The van der Waals surface area contributed by atoms with Crippen LogP contribution >= 0.6 is 0 Å². The van der Waals surface area contributed by atoms with Crippen LogP contribution in [-0.2, 0) is 14.6 Å². The van der Waals surface area contributed by atoms with Crippen LogP contribution in [0.2, 0.25) is 0 Å². The van der Waals surface area contributed by atoms with Crippen molar-refractivity contribution >= 4 is 27.1 Å². The molecular weight excluding hydrogens is 252 g/mol. The van der Waals surface area contributed by atoms with E-state index in [0.29, 0.717) is 11.4 Å². The highest BCUT2D eigenvalue weighted by Crippen LogP contribution is 2.14. The van der Waals surface area contributed by atoms with Crippen molar-refractivity contribution in [1.82, 2.24) is 0 Å². The summed E-state index contributed by atoms with van der Waals surface area (Å²) >= 11 is 0. The molecule has 0 radical (unpaired) electrons. The van der Waals surface area contributed by atoms with Gasteiger partial charge in [0.05, 0.1) is 5.25 Å². The number of carbonyl (C=O) groups excluding carboxylic acids is 1. The van der Waals surface area contributed by atoms with E-state index in [1.54, 1.807) is 38.1 Å². The maximum Gasteiger partial charge on any atom is 0.242 e. The molecule has 100 valence electrons. The lowest BCUT2D eigenvalue weighted by Gasteiger charge is -2.15. The number of nitrogen functional groups attached to an aromatic ring is 1. The third kappa shape index (κ3) is 3.22. The SMILES string of the molecule is CC(C)S(=O)(=O)C(C)C(=O)Nc1ccc(N)cc1. The van der Waals surface area contributed by atoms with Gasteiger partial charge in [0.1, 0.15) is 5.25 Å². The highest BCUT2D eigenvalue weighted by molar-refractivity contribution is 7.93. The molecule has 18 heavy (non-hydrogen) atoms. The Kier molecular flexibility index (Phi) is 4.34. The smallest absolute Gasteiger partial charge is 0.242 e. The van der Waals surface area contributed by atoms with Gasteiger partial charge in [0.2, 0.25) is 5.91 Å². The minimum Gasteiger partial charge on any atom is -0.399 e. The molecule has 0 fully saturated rings. The Morgan fingerprint density at radius 2 is 1.67 bits per heavy atom. The zero-order chi connectivity index (χ0) is 13.9. The van der Waals surface area contributed by atoms with Gasteiger partial charge in [-0.3, -0.25) is 4.79 Å². The number of rotatable bonds is 4. The molecule has 1 unspecified atom stereocenters. The molecule has 0 saturated heterocycles. The Morgan fingerprint density at radius 3 is 2.11 bits per heavy atom. The number of carbonyl (C=O) groups is 1. The molecule has 0 spiro atoms. The molecule has 0 saturated carbocycles. The second-order valence-corrected chi connectivity index (χ2v) is 7.22. The van der Waals surface area contributed by atoms with E-state index in [4.69, 9.17) is 5.73 Å². The molecule has 6 heteroatoms. The summed E-state index contributed by atoms with van der Waals surface area (Å²) in [6.07, 6.45) is 0. The van der Waals surface area contributed by atoms with Crippen molar-refractivity contribution in [3.8, 4) is 0 Å². The molecule has 1 aromatic rings. The lowest BCUT2D eigenvalue weighted by molar-refractivity contribution is -0.115. The summed E-state index contributed by atoms with van der Waals surface area (Å²) in [5.74, 6) is -0.534. The second-order valence-electron chi connectivity index (χ2n) is 4.39. The average Bonchev–Trinajstić information content (AvgIpc) is 2.30. The van der Waals surface area contributed by atoms with Crippen LogP contribution in [0.1, 0.15) is 20.8 Å². The molecule has 0 bridgehead atoms. The molecule has 1 rings (SSSR count). The fourth-order valence-electron chi connectivity index (χ4n) is 1.37. The van der Waals surface area contributed by atoms with Crippen LogP contribution in [0.4, 0.5) is 11.4 Å². The first-order valence-corrected chi connectivity index (χ1v) is 7.25. The van der Waals surface area contributed by atoms with Crippen molar-refractivity contribution in [2.45, 2.75) is 31.3 Å². The first-order valence-electron chi connectivity index (χ1n) is 5.64. The Morgan fingerprint density at radius 1 is 1.17 bits per heavy atom. The first-order chi connectivity index (χ1) is 8.25. The summed E-state index contributed by atoms with van der Waals surface area (Å²) in [6.45, 7) is 4.51. The number of benzene rings is 1. The average molecular weight is 270 g/mol. The Bertz CT molecular complexity index is 521. The predicted octanol–water partition coefficient (Wildman–Crippen LogP) is 1.42. The quantitative estimate of drug-likeness (QED) is 0.810. The zero-order valence-corrected chi connectivity index (χ0v) is 11.5. The third-order valence-corrected chi connectivity index (χ3v) is 5.21. The van der Waals surface area contributed by atoms with E-state index in [0.717, 1.165) is 0 Å². The number of nitrogens with two attached hydrogens (primary N) is 1. The molecule has 1 amide bonds. The van der Waals surface area contributed by atoms with Gasteiger partial charge >= 0.3 is 0 Å². The van der Waals surface area contributed by atoms with Gasteiger partial charge in [-0.2, -0.15) is 0 Å². The fourth-order valence-corrected chi connectivity index (χ4v) is 2.54. The van der Waals surface area contributed by atoms with Crippen LogP contribution in [-0.4, -0.2) is 24.8 Å². The number of amides is 1. The van der Waals surface area contributed by atoms with Crippen LogP contribution in [0.3, 0.4) is 0 Å². The highest BCUT2D eigenvalue weighted by atomic mass is 32.2. The standard InChI is InChI=1S/C12H18N2O3S/c1-8(2)18(16,17)9(3)12(15)14-11-6-4-10(13)5-7-11/h4-9H,13H2,1-3H3,(H,14,15). The van der Waals surface area contributed by atoms with Crippen LogP contribution in [0.25, 0.3) is 0 Å². The third-order valence-electron chi connectivity index (χ3n) is 2.70. The van der Waals surface area contributed by atoms with Gasteiger partial charge < -0.3 is 11.1 Å². The molecule has 1 aromatic carbocycles. The molecule has 3 N–H and O–H groups in total. The number of hydrogen-bond acceptors (Lipinski definition) is 4. The Balaban J connectivity index is 2.81. The zero-order valence-electron chi connectivity index (χ0n) is 10.7. The van der Waals surface area contributed by atoms with Crippen molar-refractivity contribution in [1.29, 1.82) is 0 Å². The lowest BCUT2D eigenvalue weighted by atomic mass is 10.3. The summed E-state index contributed by atoms with van der Waals surface area (Å²) in [6, 6.07) is 6.53. The normalized spacial score (nSPS) is 13.3. The molecule has 1 atom stereocenters. The number of anilines is 2. The summed E-state index contributed by atoms with van der Waals surface area (Å²) in [4.78, 5) is 11.8. The van der Waals surface area contributed by atoms with Gasteiger partial charge in [-0.15, -0.1) is 0 Å². The van der Waals surface area contributed by atoms with E-state index < -0.39 is 26.2 Å². The minimum atomic E-state index is -3.44. The molecule has 0 aliphatic heterocycles. The summed E-state index contributed by atoms with van der Waals surface area (Å²) in [5, 5.41) is 0.903. The Labute approximate surface area is 107 Å². The molecule has 0 aliphatic rings. The topological polar surface area (TPSA) is 89.3 Å². The van der Waals surface area contributed by atoms with E-state index in [-0.39, 0.29) is 0 Å². The van der Waals surface area contributed by atoms with Crippen LogP contribution in [0.5, 0.6) is 0 Å². The van der Waals surface area contributed by atoms with E-state index in [9.17, 15) is 13.2 Å². The number of nitrogens with one attached hydrogen (secondary N) is 1. The lowest BCUT2D eigenvalue weighted by Crippen LogP contribution is -2.36. The van der Waals surface area contributed by atoms with Crippen LogP contribution in [0, 0.1) is 0 Å². The maximum atomic E-state index is 11.8. The van der Waals surface area contributed by atoms with Gasteiger partial charge in [-0.25, -0.2) is 8.42 Å². The van der Waals surface area contributed by atoms with Crippen molar-refractivity contribution in [2.75, 3.05) is 11.1 Å². The second kappa shape index (κ2) is 5.39. The highest BCUT2D eigenvalue weighted by Gasteiger charge is 2.30. The number of sulfone groups is 1. The van der Waals surface area contributed by atoms with Crippen molar-refractivity contribution in [3.63, 3.8) is 0 Å². The van der Waals surface area contributed by atoms with E-state index in [1.165, 1.54) is 6.92 Å². The first kappa shape index (κ1) is 14.5. The molecule has 0 aliphatic carbocycles. The van der Waals surface area contributed by atoms with Gasteiger partial charge in [-0.05, 0) is 45.0 Å². The van der Waals surface area contributed by atoms with E-state index in [1.807, 2.05) is 0 Å². The van der Waals surface area contributed by atoms with Gasteiger partial charge in [0.15, 0.2) is 9.84 Å². The maximum absolute atomic E-state index is 11.8. The molecule has 5 nitrogen and oxygen atoms in total. The van der Waals surface area contributed by atoms with Gasteiger partial charge in [0, 0.05) is 11.4 Å². The predicted molar refractivity (Wildman–Crippen MR) is 73.0 cm³/mol. The summed E-state index contributed by atoms with van der Waals surface area (Å²) in [5.41, 5.74) is 6.62. The largest absolute Gasteiger partial charge is 0.399 e. The van der Waals surface area contributed by atoms with Crippen LogP contribution in [0.15, 0.2) is 24.3 Å². The van der Waals surface area contributed by atoms with Crippen molar-refractivity contribution in [3.05, 3.63) is 24.3 Å². The van der Waals surface area contributed by atoms with E-state index >= 15 is 0 Å². The van der Waals surface area contributed by atoms with Gasteiger partial charge in [-0.1, -0.05) is 0 Å². The van der Waals surface area contributed by atoms with Gasteiger partial charge in [0.25, 0.3) is 0 Å². The molecular formula is C12H18N2O3S. The van der Waals surface area contributed by atoms with Crippen molar-refractivity contribution < 1.29 is 13.2 Å². The minimum absolute atomic E-state index is 0.528. The Hall–Kier alpha value is -1.56. The monoisotopic (exact) mass is 270 g/mol. The van der Waals surface area contributed by atoms with Crippen molar-refractivity contribution in [2.24, 2.45) is 0 Å². The van der Waals surface area contributed by atoms with Crippen LogP contribution < -0.4 is 11.1 Å². The summed E-state index contributed by atoms with van der Waals surface area (Å²) < 4.78 is 23.7. The number of hydrogen-bond donors (Lipinski definition) is 2.